The van der Waals surface area contributed by atoms with Gasteiger partial charge < -0.3 is 10.1 Å². The van der Waals surface area contributed by atoms with Gasteiger partial charge in [0.05, 0.1) is 29.0 Å². The molecular weight excluding hydrogens is 300 g/mol. The lowest BCUT2D eigenvalue weighted by molar-refractivity contribution is -0.139. The highest BCUT2D eigenvalue weighted by Crippen LogP contribution is 2.35. The summed E-state index contributed by atoms with van der Waals surface area (Å²) in [6.45, 7) is 2.04. The third-order valence-corrected chi connectivity index (χ3v) is 4.19. The number of rotatable bonds is 5. The molecule has 0 spiro atoms. The van der Waals surface area contributed by atoms with Gasteiger partial charge in [-0.1, -0.05) is 42.1 Å². The summed E-state index contributed by atoms with van der Waals surface area (Å²) in [5.41, 5.74) is 1.41. The molecule has 1 heterocycles. The van der Waals surface area contributed by atoms with Crippen LogP contribution in [0, 0.1) is 11.3 Å². The van der Waals surface area contributed by atoms with E-state index in [1.54, 1.807) is 6.92 Å². The zero-order chi connectivity index (χ0) is 15.9. The molecule has 1 atom stereocenters. The second kappa shape index (κ2) is 7.66. The van der Waals surface area contributed by atoms with Crippen LogP contribution in [0.5, 0.6) is 0 Å². The summed E-state index contributed by atoms with van der Waals surface area (Å²) in [5.74, 6) is -0.729. The smallest absolute Gasteiger partial charge is 0.316 e. The van der Waals surface area contributed by atoms with E-state index < -0.39 is 0 Å². The Balaban J connectivity index is 2.24. The van der Waals surface area contributed by atoms with E-state index in [1.807, 2.05) is 30.3 Å². The van der Waals surface area contributed by atoms with Gasteiger partial charge in [0.15, 0.2) is 0 Å². The van der Waals surface area contributed by atoms with Crippen LogP contribution >= 0.6 is 11.8 Å². The number of esters is 1. The Labute approximate surface area is 133 Å². The number of nitriles is 1. The molecule has 0 saturated heterocycles. The third kappa shape index (κ3) is 3.89. The second-order valence-corrected chi connectivity index (χ2v) is 5.65. The number of nitrogens with zero attached hydrogens (tertiary/aromatic N) is 1. The molecule has 0 fully saturated rings. The molecule has 0 aromatic heterocycles. The average Bonchev–Trinajstić information content (AvgIpc) is 2.53. The quantitative estimate of drug-likeness (QED) is 0.843. The summed E-state index contributed by atoms with van der Waals surface area (Å²) in [4.78, 5) is 23.4. The first kappa shape index (κ1) is 16.1. The fourth-order valence-corrected chi connectivity index (χ4v) is 3.11. The number of allylic oxidation sites excluding steroid dienone is 1. The highest BCUT2D eigenvalue weighted by molar-refractivity contribution is 8.03. The minimum absolute atomic E-state index is 0.0656. The summed E-state index contributed by atoms with van der Waals surface area (Å²) in [7, 11) is 0. The molecule has 0 bridgehead atoms. The summed E-state index contributed by atoms with van der Waals surface area (Å²) in [6.07, 6.45) is 0.233. The van der Waals surface area contributed by atoms with Crippen LogP contribution in [0.2, 0.25) is 0 Å². The normalized spacial score (nSPS) is 17.6. The van der Waals surface area contributed by atoms with Gasteiger partial charge in [0.2, 0.25) is 5.91 Å². The van der Waals surface area contributed by atoms with Crippen LogP contribution in [-0.4, -0.2) is 24.2 Å². The topological polar surface area (TPSA) is 79.2 Å². The number of ether oxygens (including phenoxy) is 1. The van der Waals surface area contributed by atoms with E-state index in [1.165, 1.54) is 0 Å². The number of amides is 1. The van der Waals surface area contributed by atoms with Crippen molar-refractivity contribution < 1.29 is 14.3 Å². The van der Waals surface area contributed by atoms with Crippen LogP contribution in [0.1, 0.15) is 24.8 Å². The first-order chi connectivity index (χ1) is 10.7. The van der Waals surface area contributed by atoms with Crippen molar-refractivity contribution in [3.05, 3.63) is 46.5 Å². The Hall–Kier alpha value is -2.26. The second-order valence-electron chi connectivity index (χ2n) is 4.66. The molecule has 22 heavy (non-hydrogen) atoms. The van der Waals surface area contributed by atoms with E-state index >= 15 is 0 Å². The number of hydrogen-bond donors (Lipinski definition) is 1. The molecule has 0 saturated carbocycles. The summed E-state index contributed by atoms with van der Waals surface area (Å²) in [5, 5.41) is 12.6. The SMILES string of the molecule is CCOC(=O)CSC1=C(C#N)C(c2ccccc2)CC(=O)N1. The highest BCUT2D eigenvalue weighted by Gasteiger charge is 2.29. The summed E-state index contributed by atoms with van der Waals surface area (Å²) in [6, 6.07) is 11.6. The molecule has 1 aromatic carbocycles. The fraction of sp³-hybridized carbons (Fsp3) is 0.312. The van der Waals surface area contributed by atoms with E-state index in [4.69, 9.17) is 4.74 Å². The predicted molar refractivity (Wildman–Crippen MR) is 83.7 cm³/mol. The first-order valence-electron chi connectivity index (χ1n) is 6.93. The maximum Gasteiger partial charge on any atom is 0.316 e. The van der Waals surface area contributed by atoms with Gasteiger partial charge in [-0.2, -0.15) is 5.26 Å². The first-order valence-corrected chi connectivity index (χ1v) is 7.91. The number of carbonyl (C=O) groups is 2. The third-order valence-electron chi connectivity index (χ3n) is 3.20. The zero-order valence-corrected chi connectivity index (χ0v) is 13.0. The number of carbonyl (C=O) groups excluding carboxylic acids is 2. The Morgan fingerprint density at radius 3 is 2.82 bits per heavy atom. The van der Waals surface area contributed by atoms with Crippen molar-refractivity contribution in [1.82, 2.24) is 5.32 Å². The molecule has 0 radical (unpaired) electrons. The van der Waals surface area contributed by atoms with E-state index in [-0.39, 0.29) is 30.0 Å². The maximum atomic E-state index is 11.9. The lowest BCUT2D eigenvalue weighted by Gasteiger charge is -2.24. The van der Waals surface area contributed by atoms with Gasteiger partial charge in [-0.3, -0.25) is 9.59 Å². The Kier molecular flexibility index (Phi) is 5.61. The fourth-order valence-electron chi connectivity index (χ4n) is 2.24. The molecule has 6 heteroatoms. The lowest BCUT2D eigenvalue weighted by atomic mass is 9.87. The molecule has 0 aliphatic carbocycles. The van der Waals surface area contributed by atoms with Gasteiger partial charge in [0, 0.05) is 12.3 Å². The van der Waals surface area contributed by atoms with Crippen LogP contribution in [0.25, 0.3) is 0 Å². The number of benzene rings is 1. The molecule has 1 amide bonds. The van der Waals surface area contributed by atoms with E-state index in [0.29, 0.717) is 17.2 Å². The van der Waals surface area contributed by atoms with E-state index in [9.17, 15) is 14.9 Å². The van der Waals surface area contributed by atoms with Gasteiger partial charge >= 0.3 is 5.97 Å². The van der Waals surface area contributed by atoms with Crippen LogP contribution in [0.15, 0.2) is 40.9 Å². The predicted octanol–water partition coefficient (Wildman–Crippen LogP) is 2.32. The van der Waals surface area contributed by atoms with Crippen molar-refractivity contribution in [2.45, 2.75) is 19.3 Å². The minimum atomic E-state index is -0.367. The van der Waals surface area contributed by atoms with Crippen LogP contribution in [0.3, 0.4) is 0 Å². The highest BCUT2D eigenvalue weighted by atomic mass is 32.2. The Morgan fingerprint density at radius 2 is 2.18 bits per heavy atom. The van der Waals surface area contributed by atoms with Gasteiger partial charge in [-0.25, -0.2) is 0 Å². The van der Waals surface area contributed by atoms with Gasteiger partial charge in [-0.15, -0.1) is 0 Å². The molecule has 1 aliphatic heterocycles. The van der Waals surface area contributed by atoms with Crippen molar-refractivity contribution in [3.63, 3.8) is 0 Å². The largest absolute Gasteiger partial charge is 0.465 e. The molecular formula is C16H16N2O3S. The summed E-state index contributed by atoms with van der Waals surface area (Å²) >= 11 is 1.13. The zero-order valence-electron chi connectivity index (χ0n) is 12.2. The maximum absolute atomic E-state index is 11.9. The molecule has 114 valence electrons. The van der Waals surface area contributed by atoms with Crippen molar-refractivity contribution in [2.24, 2.45) is 0 Å². The molecule has 2 rings (SSSR count). The van der Waals surface area contributed by atoms with Crippen molar-refractivity contribution in [2.75, 3.05) is 12.4 Å². The standard InChI is InChI=1S/C16H16N2O3S/c1-2-21-15(20)10-22-16-13(9-17)12(8-14(19)18-16)11-6-4-3-5-7-11/h3-7,12H,2,8,10H2,1H3,(H,18,19). The van der Waals surface area contributed by atoms with Crippen molar-refractivity contribution >= 4 is 23.6 Å². The molecule has 1 aliphatic rings. The number of hydrogen-bond acceptors (Lipinski definition) is 5. The van der Waals surface area contributed by atoms with Crippen LogP contribution in [-0.2, 0) is 14.3 Å². The average molecular weight is 316 g/mol. The molecule has 1 unspecified atom stereocenters. The van der Waals surface area contributed by atoms with Gasteiger partial charge in [0.25, 0.3) is 0 Å². The van der Waals surface area contributed by atoms with Crippen LogP contribution in [0.4, 0.5) is 0 Å². The van der Waals surface area contributed by atoms with Crippen LogP contribution < -0.4 is 5.32 Å². The van der Waals surface area contributed by atoms with Gasteiger partial charge in [0.1, 0.15) is 0 Å². The lowest BCUT2D eigenvalue weighted by Crippen LogP contribution is -2.31. The Bertz CT molecular complexity index is 635. The Morgan fingerprint density at radius 1 is 1.45 bits per heavy atom. The monoisotopic (exact) mass is 316 g/mol. The molecule has 1 N–H and O–H groups in total. The van der Waals surface area contributed by atoms with Crippen molar-refractivity contribution in [1.29, 1.82) is 5.26 Å². The molecule has 1 aromatic rings. The minimum Gasteiger partial charge on any atom is -0.465 e. The number of thioether (sulfide) groups is 1. The van der Waals surface area contributed by atoms with E-state index in [0.717, 1.165) is 17.3 Å². The van der Waals surface area contributed by atoms with Gasteiger partial charge in [-0.05, 0) is 12.5 Å². The number of nitrogens with one attached hydrogen (secondary N) is 1. The molecule has 5 nitrogen and oxygen atoms in total. The van der Waals surface area contributed by atoms with E-state index in [2.05, 4.69) is 11.4 Å². The summed E-state index contributed by atoms with van der Waals surface area (Å²) < 4.78 is 4.86. The van der Waals surface area contributed by atoms with Crippen molar-refractivity contribution in [3.8, 4) is 6.07 Å².